The van der Waals surface area contributed by atoms with Gasteiger partial charge in [-0.3, -0.25) is 4.90 Å². The van der Waals surface area contributed by atoms with Crippen LogP contribution in [-0.2, 0) is 0 Å². The fraction of sp³-hybridized carbons (Fsp3) is 0.833. The third kappa shape index (κ3) is 3.81. The van der Waals surface area contributed by atoms with E-state index in [9.17, 15) is 0 Å². The van der Waals surface area contributed by atoms with Crippen LogP contribution in [0.5, 0.6) is 0 Å². The summed E-state index contributed by atoms with van der Waals surface area (Å²) in [5.41, 5.74) is 0. The molecule has 1 aliphatic rings. The van der Waals surface area contributed by atoms with Crippen LogP contribution in [0.3, 0.4) is 0 Å². The largest absolute Gasteiger partial charge is 0.395 e. The van der Waals surface area contributed by atoms with E-state index >= 15 is 0 Å². The third-order valence-corrected chi connectivity index (χ3v) is 2.99. The van der Waals surface area contributed by atoms with Crippen molar-refractivity contribution in [2.75, 3.05) is 19.7 Å². The van der Waals surface area contributed by atoms with Gasteiger partial charge in [0.2, 0.25) is 0 Å². The van der Waals surface area contributed by atoms with E-state index in [-0.39, 0.29) is 6.61 Å². The number of allylic oxidation sites excluding steroid dienone is 2. The topological polar surface area (TPSA) is 23.5 Å². The van der Waals surface area contributed by atoms with Crippen LogP contribution >= 0.6 is 0 Å². The first-order valence-electron chi connectivity index (χ1n) is 5.74. The fourth-order valence-corrected chi connectivity index (χ4v) is 2.04. The molecule has 1 rings (SSSR count). The summed E-state index contributed by atoms with van der Waals surface area (Å²) in [6.45, 7) is 6.64. The van der Waals surface area contributed by atoms with Gasteiger partial charge in [-0.2, -0.15) is 0 Å². The van der Waals surface area contributed by atoms with E-state index in [1.165, 1.54) is 19.3 Å². The molecule has 0 amide bonds. The molecule has 0 saturated carbocycles. The summed E-state index contributed by atoms with van der Waals surface area (Å²) in [5.74, 6) is 0.800. The molecule has 2 nitrogen and oxygen atoms in total. The predicted molar refractivity (Wildman–Crippen MR) is 60.3 cm³/mol. The molecule has 1 aliphatic carbocycles. The maximum Gasteiger partial charge on any atom is 0.0558 e. The minimum Gasteiger partial charge on any atom is -0.395 e. The smallest absolute Gasteiger partial charge is 0.0558 e. The molecule has 0 aliphatic heterocycles. The highest BCUT2D eigenvalue weighted by molar-refractivity contribution is 4.91. The van der Waals surface area contributed by atoms with Crippen LogP contribution in [-0.4, -0.2) is 35.7 Å². The molecule has 0 fully saturated rings. The van der Waals surface area contributed by atoms with Crippen LogP contribution in [0.4, 0.5) is 0 Å². The summed E-state index contributed by atoms with van der Waals surface area (Å²) in [5, 5.41) is 8.96. The Morgan fingerprint density at radius 1 is 1.43 bits per heavy atom. The van der Waals surface area contributed by atoms with Gasteiger partial charge in [-0.15, -0.1) is 0 Å². The van der Waals surface area contributed by atoms with Crippen molar-refractivity contribution in [1.82, 2.24) is 4.90 Å². The molecular formula is C12H23NO. The first-order valence-corrected chi connectivity index (χ1v) is 5.74. The SMILES string of the molecule is CC(C)N(CCO)CC1CC=CCC1. The van der Waals surface area contributed by atoms with Crippen molar-refractivity contribution in [3.8, 4) is 0 Å². The lowest BCUT2D eigenvalue weighted by molar-refractivity contribution is 0.142. The molecule has 2 heteroatoms. The average molecular weight is 197 g/mol. The quantitative estimate of drug-likeness (QED) is 0.682. The molecule has 0 spiro atoms. The van der Waals surface area contributed by atoms with E-state index in [1.54, 1.807) is 0 Å². The maximum absolute atomic E-state index is 8.96. The lowest BCUT2D eigenvalue weighted by Gasteiger charge is -2.30. The highest BCUT2D eigenvalue weighted by Crippen LogP contribution is 2.19. The van der Waals surface area contributed by atoms with Crippen molar-refractivity contribution in [3.63, 3.8) is 0 Å². The highest BCUT2D eigenvalue weighted by atomic mass is 16.3. The van der Waals surface area contributed by atoms with Crippen molar-refractivity contribution < 1.29 is 5.11 Å². The van der Waals surface area contributed by atoms with Gasteiger partial charge in [0.1, 0.15) is 0 Å². The minimum atomic E-state index is 0.279. The summed E-state index contributed by atoms with van der Waals surface area (Å²) < 4.78 is 0. The zero-order valence-corrected chi connectivity index (χ0v) is 9.45. The van der Waals surface area contributed by atoms with E-state index in [1.807, 2.05) is 0 Å². The predicted octanol–water partition coefficient (Wildman–Crippen LogP) is 2.05. The van der Waals surface area contributed by atoms with E-state index < -0.39 is 0 Å². The maximum atomic E-state index is 8.96. The molecule has 0 saturated heterocycles. The Morgan fingerprint density at radius 3 is 2.71 bits per heavy atom. The Kier molecular flexibility index (Phi) is 5.20. The Labute approximate surface area is 87.6 Å². The second-order valence-corrected chi connectivity index (χ2v) is 4.46. The lowest BCUT2D eigenvalue weighted by Crippen LogP contribution is -2.37. The number of hydrogen-bond donors (Lipinski definition) is 1. The Hall–Kier alpha value is -0.340. The van der Waals surface area contributed by atoms with Gasteiger partial charge in [0.05, 0.1) is 6.61 Å². The Balaban J connectivity index is 2.34. The molecule has 1 N–H and O–H groups in total. The first kappa shape index (κ1) is 11.7. The van der Waals surface area contributed by atoms with Crippen molar-refractivity contribution in [1.29, 1.82) is 0 Å². The molecule has 0 heterocycles. The second kappa shape index (κ2) is 6.20. The van der Waals surface area contributed by atoms with Gasteiger partial charge in [0.15, 0.2) is 0 Å². The molecule has 14 heavy (non-hydrogen) atoms. The summed E-state index contributed by atoms with van der Waals surface area (Å²) >= 11 is 0. The van der Waals surface area contributed by atoms with Crippen LogP contribution in [0, 0.1) is 5.92 Å². The zero-order valence-electron chi connectivity index (χ0n) is 9.45. The van der Waals surface area contributed by atoms with Crippen LogP contribution in [0.25, 0.3) is 0 Å². The van der Waals surface area contributed by atoms with Crippen molar-refractivity contribution >= 4 is 0 Å². The summed E-state index contributed by atoms with van der Waals surface area (Å²) in [6.07, 6.45) is 8.34. The molecule has 0 aromatic rings. The summed E-state index contributed by atoms with van der Waals surface area (Å²) in [4.78, 5) is 2.38. The second-order valence-electron chi connectivity index (χ2n) is 4.46. The number of nitrogens with zero attached hydrogens (tertiary/aromatic N) is 1. The normalized spacial score (nSPS) is 22.2. The van der Waals surface area contributed by atoms with Gasteiger partial charge in [0, 0.05) is 19.1 Å². The average Bonchev–Trinajstić information content (AvgIpc) is 2.18. The van der Waals surface area contributed by atoms with Gasteiger partial charge in [-0.05, 0) is 39.0 Å². The Bertz CT molecular complexity index is 177. The van der Waals surface area contributed by atoms with Gasteiger partial charge >= 0.3 is 0 Å². The molecule has 1 atom stereocenters. The van der Waals surface area contributed by atoms with Crippen LogP contribution < -0.4 is 0 Å². The van der Waals surface area contributed by atoms with E-state index in [0.29, 0.717) is 6.04 Å². The highest BCUT2D eigenvalue weighted by Gasteiger charge is 2.16. The molecule has 0 aromatic carbocycles. The monoisotopic (exact) mass is 197 g/mol. The van der Waals surface area contributed by atoms with E-state index in [0.717, 1.165) is 19.0 Å². The summed E-state index contributed by atoms with van der Waals surface area (Å²) in [6, 6.07) is 0.549. The van der Waals surface area contributed by atoms with E-state index in [4.69, 9.17) is 5.11 Å². The van der Waals surface area contributed by atoms with Gasteiger partial charge < -0.3 is 5.11 Å². The molecule has 0 aromatic heterocycles. The van der Waals surface area contributed by atoms with Crippen LogP contribution in [0.1, 0.15) is 33.1 Å². The molecule has 1 unspecified atom stereocenters. The molecular weight excluding hydrogens is 174 g/mol. The fourth-order valence-electron chi connectivity index (χ4n) is 2.04. The Morgan fingerprint density at radius 2 is 2.21 bits per heavy atom. The van der Waals surface area contributed by atoms with Gasteiger partial charge in [-0.1, -0.05) is 12.2 Å². The standard InChI is InChI=1S/C12H23NO/c1-11(2)13(8-9-14)10-12-6-4-3-5-7-12/h3-4,11-12,14H,5-10H2,1-2H3. The van der Waals surface area contributed by atoms with Crippen LogP contribution in [0.15, 0.2) is 12.2 Å². The van der Waals surface area contributed by atoms with Crippen molar-refractivity contribution in [2.45, 2.75) is 39.2 Å². The molecule has 0 bridgehead atoms. The van der Waals surface area contributed by atoms with Gasteiger partial charge in [0.25, 0.3) is 0 Å². The van der Waals surface area contributed by atoms with Crippen LogP contribution in [0.2, 0.25) is 0 Å². The lowest BCUT2D eigenvalue weighted by atomic mass is 9.93. The number of aliphatic hydroxyl groups is 1. The summed E-state index contributed by atoms with van der Waals surface area (Å²) in [7, 11) is 0. The minimum absolute atomic E-state index is 0.279. The third-order valence-electron chi connectivity index (χ3n) is 2.99. The number of aliphatic hydroxyl groups excluding tert-OH is 1. The van der Waals surface area contributed by atoms with E-state index in [2.05, 4.69) is 30.9 Å². The molecule has 0 radical (unpaired) electrons. The van der Waals surface area contributed by atoms with Crippen molar-refractivity contribution in [3.05, 3.63) is 12.2 Å². The van der Waals surface area contributed by atoms with Crippen molar-refractivity contribution in [2.24, 2.45) is 5.92 Å². The molecule has 82 valence electrons. The first-order chi connectivity index (χ1) is 6.74. The number of rotatable bonds is 5. The van der Waals surface area contributed by atoms with Gasteiger partial charge in [-0.25, -0.2) is 0 Å². The number of hydrogen-bond acceptors (Lipinski definition) is 2. The zero-order chi connectivity index (χ0) is 10.4.